The van der Waals surface area contributed by atoms with Crippen LogP contribution in [0.25, 0.3) is 0 Å². The Morgan fingerprint density at radius 2 is 2.07 bits per heavy atom. The third-order valence-electron chi connectivity index (χ3n) is 6.15. The highest BCUT2D eigenvalue weighted by atomic mass is 16.5. The third-order valence-corrected chi connectivity index (χ3v) is 6.15. The fourth-order valence-corrected chi connectivity index (χ4v) is 4.94. The summed E-state index contributed by atoms with van der Waals surface area (Å²) >= 11 is 0. The number of ether oxygens (including phenoxy) is 1. The fraction of sp³-hybridized carbons (Fsp3) is 0.700. The molecular weight excluding hydrogens is 344 g/mol. The molecule has 2 saturated heterocycles. The lowest BCUT2D eigenvalue weighted by Crippen LogP contribution is -2.52. The predicted octanol–water partition coefficient (Wildman–Crippen LogP) is 0.277. The number of morpholine rings is 1. The number of likely N-dealkylation sites (N-methyl/N-ethyl adjacent to an activating group) is 1. The zero-order chi connectivity index (χ0) is 18.8. The molecule has 7 heteroatoms. The van der Waals surface area contributed by atoms with Crippen molar-refractivity contribution in [1.29, 1.82) is 0 Å². The third kappa shape index (κ3) is 3.95. The van der Waals surface area contributed by atoms with Crippen molar-refractivity contribution in [1.82, 2.24) is 19.7 Å². The van der Waals surface area contributed by atoms with Gasteiger partial charge < -0.3 is 15.0 Å². The number of aromatic nitrogens is 1. The second-order valence-electron chi connectivity index (χ2n) is 8.12. The molecule has 4 heterocycles. The minimum atomic E-state index is -0.393. The number of carbonyl (C=O) groups is 1. The van der Waals surface area contributed by atoms with Crippen molar-refractivity contribution in [2.24, 2.45) is 5.92 Å². The van der Waals surface area contributed by atoms with E-state index < -0.39 is 6.04 Å². The Bertz CT molecular complexity index is 728. The summed E-state index contributed by atoms with van der Waals surface area (Å²) in [6.45, 7) is 6.96. The maximum Gasteiger partial charge on any atom is 0.251 e. The van der Waals surface area contributed by atoms with Crippen LogP contribution in [-0.4, -0.2) is 79.8 Å². The molecule has 0 unspecified atom stereocenters. The molecule has 1 aromatic rings. The van der Waals surface area contributed by atoms with Gasteiger partial charge in [0.15, 0.2) is 0 Å². The molecule has 3 atom stereocenters. The Balaban J connectivity index is 1.43. The topological polar surface area (TPSA) is 66.8 Å². The Morgan fingerprint density at radius 1 is 1.26 bits per heavy atom. The first-order chi connectivity index (χ1) is 13.1. The number of rotatable bonds is 5. The highest BCUT2D eigenvalue weighted by molar-refractivity contribution is 5.81. The van der Waals surface area contributed by atoms with E-state index in [-0.39, 0.29) is 17.4 Å². The van der Waals surface area contributed by atoms with Crippen molar-refractivity contribution >= 4 is 5.91 Å². The van der Waals surface area contributed by atoms with Gasteiger partial charge in [-0.3, -0.25) is 19.1 Å². The molecule has 0 spiro atoms. The standard InChI is InChI=1S/C20H30N4O3/c1-22-13-15-12-16(14-22)19(24-17(15)4-2-5-18(24)25)20(26)21-6-3-7-23-8-10-27-11-9-23/h2,4-5,15-16,19H,3,6-14H2,1H3,(H,21,26)/t15-,16+,19-/m1/s1. The van der Waals surface area contributed by atoms with Crippen LogP contribution in [0.1, 0.15) is 30.5 Å². The number of likely N-dealkylation sites (tertiary alicyclic amines) is 1. The van der Waals surface area contributed by atoms with Crippen molar-refractivity contribution in [2.45, 2.75) is 24.8 Å². The molecule has 1 aromatic heterocycles. The van der Waals surface area contributed by atoms with Crippen LogP contribution in [0, 0.1) is 5.92 Å². The number of pyridine rings is 1. The summed E-state index contributed by atoms with van der Waals surface area (Å²) in [5, 5.41) is 3.10. The molecule has 27 heavy (non-hydrogen) atoms. The minimum Gasteiger partial charge on any atom is -0.379 e. The van der Waals surface area contributed by atoms with E-state index in [4.69, 9.17) is 4.74 Å². The van der Waals surface area contributed by atoms with Gasteiger partial charge in [0.1, 0.15) is 6.04 Å². The molecule has 0 aromatic carbocycles. The molecule has 2 fully saturated rings. The van der Waals surface area contributed by atoms with Crippen LogP contribution >= 0.6 is 0 Å². The molecule has 2 bridgehead atoms. The summed E-state index contributed by atoms with van der Waals surface area (Å²) in [7, 11) is 2.10. The summed E-state index contributed by atoms with van der Waals surface area (Å²) in [6.07, 6.45) is 1.90. The summed E-state index contributed by atoms with van der Waals surface area (Å²) in [5.41, 5.74) is 0.957. The van der Waals surface area contributed by atoms with E-state index in [0.717, 1.165) is 64.5 Å². The monoisotopic (exact) mass is 374 g/mol. The Labute approximate surface area is 160 Å². The van der Waals surface area contributed by atoms with E-state index >= 15 is 0 Å². The molecule has 1 amide bonds. The van der Waals surface area contributed by atoms with Gasteiger partial charge in [-0.15, -0.1) is 0 Å². The minimum absolute atomic E-state index is 0.00900. The first-order valence-electron chi connectivity index (χ1n) is 10.1. The van der Waals surface area contributed by atoms with Crippen molar-refractivity contribution in [3.05, 3.63) is 34.2 Å². The maximum atomic E-state index is 13.0. The molecule has 7 nitrogen and oxygen atoms in total. The van der Waals surface area contributed by atoms with Gasteiger partial charge in [-0.25, -0.2) is 0 Å². The van der Waals surface area contributed by atoms with Crippen molar-refractivity contribution in [3.63, 3.8) is 0 Å². The lowest BCUT2D eigenvalue weighted by molar-refractivity contribution is -0.127. The smallest absolute Gasteiger partial charge is 0.251 e. The largest absolute Gasteiger partial charge is 0.379 e. The van der Waals surface area contributed by atoms with Gasteiger partial charge >= 0.3 is 0 Å². The highest BCUT2D eigenvalue weighted by Gasteiger charge is 2.42. The first kappa shape index (κ1) is 18.7. The lowest BCUT2D eigenvalue weighted by Gasteiger charge is -2.45. The van der Waals surface area contributed by atoms with Crippen molar-refractivity contribution < 1.29 is 9.53 Å². The van der Waals surface area contributed by atoms with Crippen LogP contribution < -0.4 is 10.9 Å². The van der Waals surface area contributed by atoms with E-state index in [2.05, 4.69) is 22.2 Å². The molecule has 1 N–H and O–H groups in total. The number of amides is 1. The Hall–Kier alpha value is -1.70. The van der Waals surface area contributed by atoms with E-state index in [9.17, 15) is 9.59 Å². The predicted molar refractivity (Wildman–Crippen MR) is 103 cm³/mol. The number of carbonyl (C=O) groups excluding carboxylic acids is 1. The quantitative estimate of drug-likeness (QED) is 0.750. The van der Waals surface area contributed by atoms with Gasteiger partial charge in [-0.1, -0.05) is 6.07 Å². The summed E-state index contributed by atoms with van der Waals surface area (Å²) in [6, 6.07) is 5.02. The van der Waals surface area contributed by atoms with Crippen LogP contribution in [-0.2, 0) is 9.53 Å². The molecule has 0 aliphatic carbocycles. The van der Waals surface area contributed by atoms with Crippen LogP contribution in [0.15, 0.2) is 23.0 Å². The molecule has 4 rings (SSSR count). The second-order valence-corrected chi connectivity index (χ2v) is 8.12. The molecule has 0 radical (unpaired) electrons. The van der Waals surface area contributed by atoms with Crippen LogP contribution in [0.5, 0.6) is 0 Å². The Morgan fingerprint density at radius 3 is 2.89 bits per heavy atom. The zero-order valence-electron chi connectivity index (χ0n) is 16.1. The highest BCUT2D eigenvalue weighted by Crippen LogP contribution is 2.40. The Kier molecular flexibility index (Phi) is 5.61. The van der Waals surface area contributed by atoms with Gasteiger partial charge in [-0.2, -0.15) is 0 Å². The van der Waals surface area contributed by atoms with Gasteiger partial charge in [0.05, 0.1) is 13.2 Å². The SMILES string of the molecule is CN1C[C@H]2C[C@@H](C1)[C@H](C(=O)NCCCN1CCOCC1)n1c2cccc1=O. The number of fused-ring (bicyclic) bond motifs is 4. The van der Waals surface area contributed by atoms with Gasteiger partial charge in [0, 0.05) is 56.3 Å². The number of piperidine rings is 1. The van der Waals surface area contributed by atoms with E-state index in [1.165, 1.54) is 0 Å². The van der Waals surface area contributed by atoms with Crippen LogP contribution in [0.2, 0.25) is 0 Å². The van der Waals surface area contributed by atoms with Crippen molar-refractivity contribution in [3.8, 4) is 0 Å². The van der Waals surface area contributed by atoms with Crippen LogP contribution in [0.4, 0.5) is 0 Å². The molecule has 3 aliphatic heterocycles. The van der Waals surface area contributed by atoms with Gasteiger partial charge in [0.25, 0.3) is 5.56 Å². The molecule has 0 saturated carbocycles. The lowest BCUT2D eigenvalue weighted by atomic mass is 9.78. The van der Waals surface area contributed by atoms with Crippen molar-refractivity contribution in [2.75, 3.05) is 59.5 Å². The average Bonchev–Trinajstić information content (AvgIpc) is 2.66. The first-order valence-corrected chi connectivity index (χ1v) is 10.1. The number of nitrogens with zero attached hydrogens (tertiary/aromatic N) is 3. The number of hydrogen-bond acceptors (Lipinski definition) is 5. The maximum absolute atomic E-state index is 13.0. The zero-order valence-corrected chi connectivity index (χ0v) is 16.1. The summed E-state index contributed by atoms with van der Waals surface area (Å²) in [5.74, 6) is 0.527. The summed E-state index contributed by atoms with van der Waals surface area (Å²) < 4.78 is 7.13. The van der Waals surface area contributed by atoms with E-state index in [1.54, 1.807) is 10.6 Å². The fourth-order valence-electron chi connectivity index (χ4n) is 4.94. The van der Waals surface area contributed by atoms with Gasteiger partial charge in [0.2, 0.25) is 5.91 Å². The average molecular weight is 374 g/mol. The number of nitrogens with one attached hydrogen (secondary N) is 1. The second kappa shape index (κ2) is 8.12. The van der Waals surface area contributed by atoms with Crippen LogP contribution in [0.3, 0.4) is 0 Å². The molecular formula is C20H30N4O3. The molecule has 3 aliphatic rings. The normalized spacial score (nSPS) is 28.6. The molecule has 148 valence electrons. The van der Waals surface area contributed by atoms with E-state index in [0.29, 0.717) is 12.5 Å². The van der Waals surface area contributed by atoms with E-state index in [1.807, 2.05) is 12.1 Å². The summed E-state index contributed by atoms with van der Waals surface area (Å²) in [4.78, 5) is 30.3. The number of hydrogen-bond donors (Lipinski definition) is 1. The van der Waals surface area contributed by atoms with Gasteiger partial charge in [-0.05, 0) is 32.5 Å².